The van der Waals surface area contributed by atoms with E-state index < -0.39 is 0 Å². The van der Waals surface area contributed by atoms with Crippen LogP contribution in [0.15, 0.2) is 42.5 Å². The average Bonchev–Trinajstić information content (AvgIpc) is 2.47. The van der Waals surface area contributed by atoms with Gasteiger partial charge in [0.2, 0.25) is 0 Å². The summed E-state index contributed by atoms with van der Waals surface area (Å²) in [7, 11) is 0. The molecule has 2 aromatic carbocycles. The lowest BCUT2D eigenvalue weighted by atomic mass is 9.97. The van der Waals surface area contributed by atoms with Crippen molar-refractivity contribution in [2.75, 3.05) is 17.2 Å². The van der Waals surface area contributed by atoms with Gasteiger partial charge < -0.3 is 10.6 Å². The van der Waals surface area contributed by atoms with Crippen LogP contribution < -0.4 is 10.6 Å². The molecule has 0 aromatic heterocycles. The Morgan fingerprint density at radius 1 is 1.15 bits per heavy atom. The monoisotopic (exact) mass is 269 g/mol. The molecule has 5 heteroatoms. The van der Waals surface area contributed by atoms with Crippen LogP contribution in [0.1, 0.15) is 11.1 Å². The van der Waals surface area contributed by atoms with Crippen LogP contribution in [0.5, 0.6) is 0 Å². The van der Waals surface area contributed by atoms with Crippen LogP contribution in [0.4, 0.5) is 17.1 Å². The van der Waals surface area contributed by atoms with Crippen molar-refractivity contribution in [2.45, 2.75) is 13.0 Å². The second-order valence-corrected chi connectivity index (χ2v) is 4.93. The minimum absolute atomic E-state index is 0.121. The van der Waals surface area contributed by atoms with Gasteiger partial charge in [0, 0.05) is 36.6 Å². The third-order valence-electron chi connectivity index (χ3n) is 3.73. The average molecular weight is 269 g/mol. The van der Waals surface area contributed by atoms with Crippen molar-refractivity contribution in [2.24, 2.45) is 0 Å². The highest BCUT2D eigenvalue weighted by atomic mass is 16.6. The Kier molecular flexibility index (Phi) is 3.02. The number of benzene rings is 2. The number of fused-ring (bicyclic) bond motifs is 1. The molecule has 5 nitrogen and oxygen atoms in total. The fourth-order valence-corrected chi connectivity index (χ4v) is 2.64. The van der Waals surface area contributed by atoms with Gasteiger partial charge in [0.1, 0.15) is 0 Å². The van der Waals surface area contributed by atoms with E-state index in [0.29, 0.717) is 0 Å². The smallest absolute Gasteiger partial charge is 0.269 e. The van der Waals surface area contributed by atoms with Crippen molar-refractivity contribution in [1.82, 2.24) is 0 Å². The van der Waals surface area contributed by atoms with Crippen molar-refractivity contribution in [3.05, 3.63) is 63.7 Å². The molecule has 0 saturated heterocycles. The Balaban J connectivity index is 1.85. The number of nitrogens with zero attached hydrogens (tertiary/aromatic N) is 2. The molecule has 2 aromatic rings. The number of nitro benzene ring substituents is 1. The number of nitrogen functional groups attached to an aromatic ring is 1. The first kappa shape index (κ1) is 12.5. The van der Waals surface area contributed by atoms with Gasteiger partial charge >= 0.3 is 0 Å². The lowest BCUT2D eigenvalue weighted by molar-refractivity contribution is -0.384. The maximum Gasteiger partial charge on any atom is 0.269 e. The lowest BCUT2D eigenvalue weighted by Gasteiger charge is -2.31. The number of hydrogen-bond donors (Lipinski definition) is 1. The van der Waals surface area contributed by atoms with Crippen molar-refractivity contribution in [3.63, 3.8) is 0 Å². The summed E-state index contributed by atoms with van der Waals surface area (Å²) in [5.41, 5.74) is 10.4. The van der Waals surface area contributed by atoms with E-state index in [2.05, 4.69) is 11.0 Å². The first-order chi connectivity index (χ1) is 9.65. The van der Waals surface area contributed by atoms with Crippen LogP contribution in [-0.4, -0.2) is 11.5 Å². The van der Waals surface area contributed by atoms with E-state index in [-0.39, 0.29) is 10.6 Å². The molecule has 2 N–H and O–H groups in total. The molecule has 0 unspecified atom stereocenters. The first-order valence-electron chi connectivity index (χ1n) is 6.51. The molecule has 3 rings (SSSR count). The van der Waals surface area contributed by atoms with Gasteiger partial charge in [-0.3, -0.25) is 10.1 Å². The largest absolute Gasteiger partial charge is 0.398 e. The molecule has 0 saturated carbocycles. The van der Waals surface area contributed by atoms with Gasteiger partial charge in [-0.1, -0.05) is 12.1 Å². The molecular formula is C15H15N3O2. The maximum absolute atomic E-state index is 10.7. The zero-order chi connectivity index (χ0) is 14.1. The van der Waals surface area contributed by atoms with Gasteiger partial charge in [-0.15, -0.1) is 0 Å². The molecule has 0 amide bonds. The Morgan fingerprint density at radius 3 is 2.60 bits per heavy atom. The summed E-state index contributed by atoms with van der Waals surface area (Å²) in [6.07, 6.45) is 0.902. The van der Waals surface area contributed by atoms with E-state index >= 15 is 0 Å². The number of nitro groups is 1. The number of hydrogen-bond acceptors (Lipinski definition) is 4. The summed E-state index contributed by atoms with van der Waals surface area (Å²) in [4.78, 5) is 12.5. The third kappa shape index (κ3) is 2.18. The summed E-state index contributed by atoms with van der Waals surface area (Å²) >= 11 is 0. The van der Waals surface area contributed by atoms with E-state index in [1.165, 1.54) is 11.1 Å². The molecule has 1 heterocycles. The number of nitrogens with two attached hydrogens (primary N) is 1. The zero-order valence-corrected chi connectivity index (χ0v) is 11.0. The van der Waals surface area contributed by atoms with Crippen LogP contribution in [0.2, 0.25) is 0 Å². The standard InChI is InChI=1S/C15H15N3O2/c16-15-3-1-2-11-10-17(9-8-14(11)15)12-4-6-13(7-5-12)18(19)20/h1-7H,8-10,16H2. The molecule has 102 valence electrons. The van der Waals surface area contributed by atoms with Gasteiger partial charge in [0.15, 0.2) is 0 Å². The van der Waals surface area contributed by atoms with E-state index in [9.17, 15) is 10.1 Å². The summed E-state index contributed by atoms with van der Waals surface area (Å²) in [6.45, 7) is 1.66. The van der Waals surface area contributed by atoms with Crippen molar-refractivity contribution >= 4 is 17.1 Å². The summed E-state index contributed by atoms with van der Waals surface area (Å²) in [6, 6.07) is 12.7. The van der Waals surface area contributed by atoms with Crippen molar-refractivity contribution in [1.29, 1.82) is 0 Å². The Hall–Kier alpha value is -2.56. The Labute approximate surface area is 116 Å². The first-order valence-corrected chi connectivity index (χ1v) is 6.51. The quantitative estimate of drug-likeness (QED) is 0.517. The minimum Gasteiger partial charge on any atom is -0.398 e. The highest BCUT2D eigenvalue weighted by Gasteiger charge is 2.18. The molecule has 1 aliphatic heterocycles. The maximum atomic E-state index is 10.7. The van der Waals surface area contributed by atoms with Gasteiger partial charge in [-0.2, -0.15) is 0 Å². The fourth-order valence-electron chi connectivity index (χ4n) is 2.64. The normalized spacial score (nSPS) is 13.9. The minimum atomic E-state index is -0.379. The van der Waals surface area contributed by atoms with E-state index in [0.717, 1.165) is 30.9 Å². The van der Waals surface area contributed by atoms with E-state index in [1.807, 2.05) is 12.1 Å². The van der Waals surface area contributed by atoms with Crippen LogP contribution in [0.25, 0.3) is 0 Å². The Morgan fingerprint density at radius 2 is 1.90 bits per heavy atom. The highest BCUT2D eigenvalue weighted by molar-refractivity contribution is 5.57. The zero-order valence-electron chi connectivity index (χ0n) is 11.0. The van der Waals surface area contributed by atoms with Gasteiger partial charge in [0.05, 0.1) is 4.92 Å². The van der Waals surface area contributed by atoms with Crippen molar-refractivity contribution < 1.29 is 4.92 Å². The Bertz CT molecular complexity index is 653. The molecule has 0 fully saturated rings. The molecule has 0 spiro atoms. The fraction of sp³-hybridized carbons (Fsp3) is 0.200. The number of anilines is 2. The highest BCUT2D eigenvalue weighted by Crippen LogP contribution is 2.28. The summed E-state index contributed by atoms with van der Waals surface area (Å²) < 4.78 is 0. The number of non-ortho nitro benzene ring substituents is 1. The molecule has 20 heavy (non-hydrogen) atoms. The van der Waals surface area contributed by atoms with Crippen molar-refractivity contribution in [3.8, 4) is 0 Å². The SMILES string of the molecule is Nc1cccc2c1CCN(c1ccc([N+](=O)[O-])cc1)C2. The molecule has 0 bridgehead atoms. The van der Waals surface area contributed by atoms with E-state index in [4.69, 9.17) is 5.73 Å². The lowest BCUT2D eigenvalue weighted by Crippen LogP contribution is -2.30. The summed E-state index contributed by atoms with van der Waals surface area (Å²) in [5, 5.41) is 10.7. The van der Waals surface area contributed by atoms with E-state index in [1.54, 1.807) is 24.3 Å². The molecule has 0 aliphatic carbocycles. The molecule has 0 atom stereocenters. The predicted molar refractivity (Wildman–Crippen MR) is 78.7 cm³/mol. The van der Waals surface area contributed by atoms with Gasteiger partial charge in [-0.05, 0) is 35.7 Å². The molecule has 1 aliphatic rings. The third-order valence-corrected chi connectivity index (χ3v) is 3.73. The number of rotatable bonds is 2. The topological polar surface area (TPSA) is 72.4 Å². The molecule has 0 radical (unpaired) electrons. The van der Waals surface area contributed by atoms with Crippen LogP contribution in [-0.2, 0) is 13.0 Å². The summed E-state index contributed by atoms with van der Waals surface area (Å²) in [5.74, 6) is 0. The van der Waals surface area contributed by atoms with Crippen LogP contribution >= 0.6 is 0 Å². The van der Waals surface area contributed by atoms with Gasteiger partial charge in [0.25, 0.3) is 5.69 Å². The molecular weight excluding hydrogens is 254 g/mol. The second-order valence-electron chi connectivity index (χ2n) is 4.93. The second kappa shape index (κ2) is 4.85. The van der Waals surface area contributed by atoms with Crippen LogP contribution in [0, 0.1) is 10.1 Å². The predicted octanol–water partition coefficient (Wildman–Crippen LogP) is 2.74. The van der Waals surface area contributed by atoms with Crippen LogP contribution in [0.3, 0.4) is 0 Å². The van der Waals surface area contributed by atoms with Gasteiger partial charge in [-0.25, -0.2) is 0 Å².